The summed E-state index contributed by atoms with van der Waals surface area (Å²) in [6.45, 7) is 2.63. The molecule has 0 spiro atoms. The number of hydrogen-bond acceptors (Lipinski definition) is 4. The molecule has 0 saturated carbocycles. The van der Waals surface area contributed by atoms with Crippen LogP contribution in [-0.4, -0.2) is 50.4 Å². The van der Waals surface area contributed by atoms with Gasteiger partial charge in [0.2, 0.25) is 0 Å². The topological polar surface area (TPSA) is 63.7 Å². The molecule has 1 unspecified atom stereocenters. The maximum Gasteiger partial charge on any atom is 0.257 e. The molecule has 0 aromatic heterocycles. The third-order valence-electron chi connectivity index (χ3n) is 4.00. The van der Waals surface area contributed by atoms with Crippen LogP contribution in [-0.2, 0) is 9.84 Å². The minimum Gasteiger partial charge on any atom is -0.496 e. The second-order valence-corrected chi connectivity index (χ2v) is 7.84. The van der Waals surface area contributed by atoms with E-state index in [1.807, 2.05) is 6.07 Å². The fraction of sp³-hybridized carbons (Fsp3) is 0.562. The van der Waals surface area contributed by atoms with Gasteiger partial charge in [-0.2, -0.15) is 0 Å². The Morgan fingerprint density at radius 3 is 2.68 bits per heavy atom. The normalized spacial score (nSPS) is 19.8. The molecule has 1 saturated heterocycles. The molecule has 0 aliphatic carbocycles. The van der Waals surface area contributed by atoms with Crippen LogP contribution in [0.4, 0.5) is 0 Å². The van der Waals surface area contributed by atoms with Gasteiger partial charge in [-0.3, -0.25) is 4.79 Å². The molecule has 0 bridgehead atoms. The number of benzene rings is 1. The summed E-state index contributed by atoms with van der Waals surface area (Å²) >= 11 is 0. The van der Waals surface area contributed by atoms with Gasteiger partial charge in [0.25, 0.3) is 5.91 Å². The van der Waals surface area contributed by atoms with Gasteiger partial charge in [-0.05, 0) is 25.0 Å². The first kappa shape index (κ1) is 16.8. The Balaban J connectivity index is 2.26. The van der Waals surface area contributed by atoms with Gasteiger partial charge in [-0.15, -0.1) is 0 Å². The van der Waals surface area contributed by atoms with Gasteiger partial charge in [-0.25, -0.2) is 8.42 Å². The van der Waals surface area contributed by atoms with Crippen LogP contribution >= 0.6 is 0 Å². The number of ether oxygens (including phenoxy) is 1. The average molecular weight is 325 g/mol. The first-order chi connectivity index (χ1) is 10.5. The molecule has 122 valence electrons. The summed E-state index contributed by atoms with van der Waals surface area (Å²) in [6, 6.07) is 6.85. The summed E-state index contributed by atoms with van der Waals surface area (Å²) in [5.41, 5.74) is 0.491. The third-order valence-corrected chi connectivity index (χ3v) is 5.75. The highest BCUT2D eigenvalue weighted by atomic mass is 32.2. The van der Waals surface area contributed by atoms with Crippen molar-refractivity contribution in [3.05, 3.63) is 29.8 Å². The number of carbonyl (C=O) groups is 1. The predicted molar refractivity (Wildman–Crippen MR) is 86.0 cm³/mol. The van der Waals surface area contributed by atoms with E-state index in [2.05, 4.69) is 6.92 Å². The lowest BCUT2D eigenvalue weighted by atomic mass is 10.1. The maximum absolute atomic E-state index is 12.9. The minimum atomic E-state index is -3.02. The van der Waals surface area contributed by atoms with Crippen LogP contribution in [0.5, 0.6) is 5.75 Å². The van der Waals surface area contributed by atoms with Crippen LogP contribution in [0, 0.1) is 0 Å². The van der Waals surface area contributed by atoms with Crippen molar-refractivity contribution in [2.24, 2.45) is 0 Å². The second kappa shape index (κ2) is 7.13. The van der Waals surface area contributed by atoms with Crippen LogP contribution < -0.4 is 4.74 Å². The van der Waals surface area contributed by atoms with Crippen molar-refractivity contribution in [1.82, 2.24) is 4.90 Å². The molecule has 1 atom stereocenters. The number of unbranched alkanes of at least 4 members (excludes halogenated alkanes) is 1. The monoisotopic (exact) mass is 325 g/mol. The molecule has 2 rings (SSSR count). The molecule has 1 aliphatic rings. The van der Waals surface area contributed by atoms with Crippen LogP contribution in [0.25, 0.3) is 0 Å². The molecule has 5 nitrogen and oxygen atoms in total. The average Bonchev–Trinajstić information content (AvgIpc) is 2.87. The van der Waals surface area contributed by atoms with Gasteiger partial charge in [0, 0.05) is 12.6 Å². The molecule has 1 amide bonds. The van der Waals surface area contributed by atoms with Crippen molar-refractivity contribution < 1.29 is 17.9 Å². The van der Waals surface area contributed by atoms with Gasteiger partial charge in [-0.1, -0.05) is 25.5 Å². The zero-order chi connectivity index (χ0) is 16.2. The van der Waals surface area contributed by atoms with Crippen molar-refractivity contribution in [2.75, 3.05) is 25.2 Å². The SMILES string of the molecule is CCCCN(C(=O)c1ccccc1OC)C1CCS(=O)(=O)C1. The highest BCUT2D eigenvalue weighted by Crippen LogP contribution is 2.24. The number of carbonyl (C=O) groups excluding carboxylic acids is 1. The molecule has 1 aromatic carbocycles. The number of sulfone groups is 1. The zero-order valence-corrected chi connectivity index (χ0v) is 13.9. The zero-order valence-electron chi connectivity index (χ0n) is 13.1. The summed E-state index contributed by atoms with van der Waals surface area (Å²) in [4.78, 5) is 14.6. The Hall–Kier alpha value is -1.56. The van der Waals surface area contributed by atoms with Crippen molar-refractivity contribution in [3.63, 3.8) is 0 Å². The fourth-order valence-corrected chi connectivity index (χ4v) is 4.51. The molecular formula is C16H23NO4S. The molecular weight excluding hydrogens is 302 g/mol. The molecule has 1 aliphatic heterocycles. The number of methoxy groups -OCH3 is 1. The van der Waals surface area contributed by atoms with E-state index in [4.69, 9.17) is 4.74 Å². The Bertz CT molecular complexity index is 627. The predicted octanol–water partition coefficient (Wildman–Crippen LogP) is 2.12. The molecule has 1 fully saturated rings. The number of para-hydroxylation sites is 1. The largest absolute Gasteiger partial charge is 0.496 e. The number of amides is 1. The Morgan fingerprint density at radius 1 is 1.36 bits per heavy atom. The summed E-state index contributed by atoms with van der Waals surface area (Å²) < 4.78 is 28.7. The number of rotatable bonds is 6. The second-order valence-electron chi connectivity index (χ2n) is 5.61. The van der Waals surface area contributed by atoms with Crippen LogP contribution in [0.1, 0.15) is 36.5 Å². The van der Waals surface area contributed by atoms with Gasteiger partial charge in [0.05, 0.1) is 24.2 Å². The fourth-order valence-electron chi connectivity index (χ4n) is 2.78. The van der Waals surface area contributed by atoms with Crippen molar-refractivity contribution in [3.8, 4) is 5.75 Å². The molecule has 1 aromatic rings. The van der Waals surface area contributed by atoms with Crippen molar-refractivity contribution in [2.45, 2.75) is 32.2 Å². The van der Waals surface area contributed by atoms with Crippen LogP contribution in [0.2, 0.25) is 0 Å². The van der Waals surface area contributed by atoms with E-state index >= 15 is 0 Å². The van der Waals surface area contributed by atoms with Crippen molar-refractivity contribution in [1.29, 1.82) is 0 Å². The first-order valence-corrected chi connectivity index (χ1v) is 9.45. The lowest BCUT2D eigenvalue weighted by Crippen LogP contribution is -2.41. The summed E-state index contributed by atoms with van der Waals surface area (Å²) in [5.74, 6) is 0.611. The standard InChI is InChI=1S/C16H23NO4S/c1-3-4-10-17(13-9-11-22(19,20)12-13)16(18)14-7-5-6-8-15(14)21-2/h5-8,13H,3-4,9-12H2,1-2H3. The van der Waals surface area contributed by atoms with E-state index in [1.165, 1.54) is 7.11 Å². The Kier molecular flexibility index (Phi) is 5.45. The maximum atomic E-state index is 12.9. The lowest BCUT2D eigenvalue weighted by Gasteiger charge is -2.28. The Morgan fingerprint density at radius 2 is 2.09 bits per heavy atom. The molecule has 1 heterocycles. The van der Waals surface area contributed by atoms with E-state index in [0.29, 0.717) is 24.3 Å². The molecule has 0 radical (unpaired) electrons. The van der Waals surface area contributed by atoms with E-state index in [9.17, 15) is 13.2 Å². The van der Waals surface area contributed by atoms with E-state index < -0.39 is 9.84 Å². The quantitative estimate of drug-likeness (QED) is 0.804. The summed E-state index contributed by atoms with van der Waals surface area (Å²) in [5, 5.41) is 0. The van der Waals surface area contributed by atoms with E-state index in [0.717, 1.165) is 12.8 Å². The minimum absolute atomic E-state index is 0.0671. The number of hydrogen-bond donors (Lipinski definition) is 0. The number of nitrogens with zero attached hydrogens (tertiary/aromatic N) is 1. The summed E-state index contributed by atoms with van der Waals surface area (Å²) in [6.07, 6.45) is 2.33. The molecule has 6 heteroatoms. The Labute approximate surface area is 132 Å². The highest BCUT2D eigenvalue weighted by Gasteiger charge is 2.35. The van der Waals surface area contributed by atoms with E-state index in [-0.39, 0.29) is 23.5 Å². The summed E-state index contributed by atoms with van der Waals surface area (Å²) in [7, 11) is -1.49. The van der Waals surface area contributed by atoms with Gasteiger partial charge in [0.15, 0.2) is 9.84 Å². The first-order valence-electron chi connectivity index (χ1n) is 7.63. The highest BCUT2D eigenvalue weighted by molar-refractivity contribution is 7.91. The van der Waals surface area contributed by atoms with Gasteiger partial charge < -0.3 is 9.64 Å². The van der Waals surface area contributed by atoms with E-state index in [1.54, 1.807) is 23.1 Å². The lowest BCUT2D eigenvalue weighted by molar-refractivity contribution is 0.0691. The van der Waals surface area contributed by atoms with Crippen molar-refractivity contribution >= 4 is 15.7 Å². The molecule has 22 heavy (non-hydrogen) atoms. The van der Waals surface area contributed by atoms with Gasteiger partial charge >= 0.3 is 0 Å². The molecule has 0 N–H and O–H groups in total. The smallest absolute Gasteiger partial charge is 0.257 e. The third kappa shape index (κ3) is 3.80. The van der Waals surface area contributed by atoms with Crippen LogP contribution in [0.3, 0.4) is 0 Å². The van der Waals surface area contributed by atoms with Gasteiger partial charge in [0.1, 0.15) is 5.75 Å². The van der Waals surface area contributed by atoms with Crippen LogP contribution in [0.15, 0.2) is 24.3 Å².